The summed E-state index contributed by atoms with van der Waals surface area (Å²) in [5.41, 5.74) is 3.33. The molecule has 1 N–H and O–H groups in total. The molecule has 0 unspecified atom stereocenters. The third-order valence-electron chi connectivity index (χ3n) is 6.09. The van der Waals surface area contributed by atoms with E-state index in [1.165, 1.54) is 0 Å². The van der Waals surface area contributed by atoms with Crippen LogP contribution in [0.1, 0.15) is 44.0 Å². The molecule has 188 valence electrons. The molecule has 0 saturated carbocycles. The molecule has 0 aromatic carbocycles. The Bertz CT molecular complexity index is 1030. The van der Waals surface area contributed by atoms with Gasteiger partial charge in [-0.15, -0.1) is 5.10 Å². The molecule has 1 aliphatic rings. The largest absolute Gasteiger partial charge is 0.479 e. The molecule has 2 amide bonds. The Balaban J connectivity index is 1.44. The average Bonchev–Trinajstić information content (AvgIpc) is 3.08. The van der Waals surface area contributed by atoms with Crippen LogP contribution >= 0.6 is 0 Å². The number of pyridine rings is 1. The van der Waals surface area contributed by atoms with Gasteiger partial charge in [-0.2, -0.15) is 0 Å². The number of carbonyl (C=O) groups is 2. The zero-order valence-electron chi connectivity index (χ0n) is 21.5. The number of nitrogens with one attached hydrogen (secondary N) is 1. The fourth-order valence-corrected chi connectivity index (χ4v) is 4.27. The van der Waals surface area contributed by atoms with Crippen LogP contribution < -0.4 is 10.1 Å². The van der Waals surface area contributed by atoms with Crippen LogP contribution in [-0.2, 0) is 23.0 Å². The van der Waals surface area contributed by atoms with Gasteiger partial charge in [-0.1, -0.05) is 0 Å². The monoisotopic (exact) mass is 474 g/mol. The lowest BCUT2D eigenvalue weighted by molar-refractivity contribution is -0.121. The highest BCUT2D eigenvalue weighted by molar-refractivity contribution is 5.86. The van der Waals surface area contributed by atoms with E-state index in [0.29, 0.717) is 38.4 Å². The van der Waals surface area contributed by atoms with E-state index in [1.807, 2.05) is 41.7 Å². The molecule has 0 atom stereocenters. The van der Waals surface area contributed by atoms with Crippen molar-refractivity contribution in [1.82, 2.24) is 29.9 Å². The predicted octanol–water partition coefficient (Wildman–Crippen LogP) is 2.20. The van der Waals surface area contributed by atoms with E-state index in [4.69, 9.17) is 9.47 Å². The minimum Gasteiger partial charge on any atom is -0.479 e. The first-order valence-electron chi connectivity index (χ1n) is 11.8. The van der Waals surface area contributed by atoms with Gasteiger partial charge >= 0.3 is 6.09 Å². The molecule has 3 heterocycles. The summed E-state index contributed by atoms with van der Waals surface area (Å²) < 4.78 is 12.6. The second-order valence-corrected chi connectivity index (χ2v) is 9.79. The summed E-state index contributed by atoms with van der Waals surface area (Å²) >= 11 is 0. The van der Waals surface area contributed by atoms with Crippen molar-refractivity contribution < 1.29 is 19.1 Å². The fourth-order valence-electron chi connectivity index (χ4n) is 4.27. The minimum atomic E-state index is -0.485. The summed E-state index contributed by atoms with van der Waals surface area (Å²) in [5, 5.41) is 8.30. The molecule has 1 aliphatic heterocycles. The number of methoxy groups -OCH3 is 1. The molecule has 34 heavy (non-hydrogen) atoms. The van der Waals surface area contributed by atoms with E-state index in [9.17, 15) is 9.59 Å². The van der Waals surface area contributed by atoms with Gasteiger partial charge in [0.25, 0.3) is 0 Å². The first-order chi connectivity index (χ1) is 16.0. The van der Waals surface area contributed by atoms with Crippen LogP contribution in [0.2, 0.25) is 0 Å². The Morgan fingerprint density at radius 3 is 2.41 bits per heavy atom. The van der Waals surface area contributed by atoms with E-state index in [2.05, 4.69) is 20.3 Å². The number of piperazine rings is 1. The van der Waals surface area contributed by atoms with Gasteiger partial charge in [-0.3, -0.25) is 9.69 Å². The number of carbonyl (C=O) groups excluding carboxylic acids is 2. The average molecular weight is 475 g/mol. The Morgan fingerprint density at radius 1 is 1.12 bits per heavy atom. The summed E-state index contributed by atoms with van der Waals surface area (Å²) in [4.78, 5) is 33.4. The van der Waals surface area contributed by atoms with Gasteiger partial charge in [0.05, 0.1) is 12.5 Å². The van der Waals surface area contributed by atoms with E-state index >= 15 is 0 Å². The molecule has 2 aromatic rings. The first-order valence-corrected chi connectivity index (χ1v) is 11.8. The number of nitrogens with zero attached hydrogens (tertiary/aromatic N) is 5. The van der Waals surface area contributed by atoms with Crippen molar-refractivity contribution in [2.24, 2.45) is 7.05 Å². The summed E-state index contributed by atoms with van der Waals surface area (Å²) in [6, 6.07) is 0. The fraction of sp³-hybridized carbons (Fsp3) is 0.667. The van der Waals surface area contributed by atoms with Crippen molar-refractivity contribution >= 4 is 23.0 Å². The SMILES string of the molecule is COc1nn(C)c2nc(C)c(CCC(=O)NCCN3CCN(C(=O)OC(C)(C)C)CC3)c(C)c12. The lowest BCUT2D eigenvalue weighted by atomic mass is 10.00. The van der Waals surface area contributed by atoms with Crippen molar-refractivity contribution in [2.45, 2.75) is 53.1 Å². The Morgan fingerprint density at radius 2 is 1.79 bits per heavy atom. The number of ether oxygens (including phenoxy) is 2. The van der Waals surface area contributed by atoms with Gasteiger partial charge in [0.15, 0.2) is 5.65 Å². The van der Waals surface area contributed by atoms with Gasteiger partial charge in [-0.05, 0) is 52.2 Å². The molecule has 2 aromatic heterocycles. The molecule has 10 nitrogen and oxygen atoms in total. The number of aryl methyl sites for hydroxylation is 3. The lowest BCUT2D eigenvalue weighted by Gasteiger charge is -2.35. The van der Waals surface area contributed by atoms with E-state index in [0.717, 1.165) is 47.5 Å². The minimum absolute atomic E-state index is 0.0180. The van der Waals surface area contributed by atoms with Crippen molar-refractivity contribution in [1.29, 1.82) is 0 Å². The molecular weight excluding hydrogens is 436 g/mol. The molecule has 0 radical (unpaired) electrons. The van der Waals surface area contributed by atoms with Crippen LogP contribution in [0.5, 0.6) is 5.88 Å². The summed E-state index contributed by atoms with van der Waals surface area (Å²) in [7, 11) is 3.45. The van der Waals surface area contributed by atoms with Gasteiger partial charge in [0.2, 0.25) is 11.8 Å². The van der Waals surface area contributed by atoms with Crippen molar-refractivity contribution in [3.05, 3.63) is 16.8 Å². The summed E-state index contributed by atoms with van der Waals surface area (Å²) in [6.45, 7) is 13.8. The lowest BCUT2D eigenvalue weighted by Crippen LogP contribution is -2.51. The van der Waals surface area contributed by atoms with E-state index in [-0.39, 0.29) is 12.0 Å². The molecule has 1 saturated heterocycles. The zero-order valence-corrected chi connectivity index (χ0v) is 21.5. The van der Waals surface area contributed by atoms with Crippen LogP contribution in [0.25, 0.3) is 11.0 Å². The van der Waals surface area contributed by atoms with Gasteiger partial charge in [-0.25, -0.2) is 14.5 Å². The van der Waals surface area contributed by atoms with Crippen LogP contribution in [0.4, 0.5) is 4.79 Å². The van der Waals surface area contributed by atoms with Crippen molar-refractivity contribution in [3.8, 4) is 5.88 Å². The van der Waals surface area contributed by atoms with E-state index < -0.39 is 5.60 Å². The molecule has 3 rings (SSSR count). The molecule has 10 heteroatoms. The third kappa shape index (κ3) is 6.16. The second kappa shape index (κ2) is 10.6. The molecule has 0 aliphatic carbocycles. The maximum atomic E-state index is 12.5. The normalized spacial score (nSPS) is 15.0. The van der Waals surface area contributed by atoms with Crippen LogP contribution in [0, 0.1) is 13.8 Å². The highest BCUT2D eigenvalue weighted by Gasteiger charge is 2.25. The molecule has 0 spiro atoms. The number of rotatable bonds is 7. The van der Waals surface area contributed by atoms with Crippen LogP contribution in [0.3, 0.4) is 0 Å². The third-order valence-corrected chi connectivity index (χ3v) is 6.09. The standard InChI is InChI=1S/C24H38N6O4/c1-16-18(17(2)26-21-20(16)22(33-7)27-28(21)6)8-9-19(31)25-10-11-29-12-14-30(15-13-29)23(32)34-24(3,4)5/h8-15H2,1-7H3,(H,25,31). The number of hydrogen-bond donors (Lipinski definition) is 1. The maximum Gasteiger partial charge on any atom is 0.410 e. The molecule has 0 bridgehead atoms. The first kappa shape index (κ1) is 25.7. The number of fused-ring (bicyclic) bond motifs is 1. The highest BCUT2D eigenvalue weighted by Crippen LogP contribution is 2.30. The predicted molar refractivity (Wildman–Crippen MR) is 130 cm³/mol. The van der Waals surface area contributed by atoms with E-state index in [1.54, 1.807) is 16.7 Å². The molecular formula is C24H38N6O4. The van der Waals surface area contributed by atoms with Gasteiger partial charge in [0.1, 0.15) is 5.60 Å². The summed E-state index contributed by atoms with van der Waals surface area (Å²) in [5.74, 6) is 0.574. The topological polar surface area (TPSA) is 102 Å². The number of aromatic nitrogens is 3. The zero-order chi connectivity index (χ0) is 25.0. The number of amides is 2. The Hall–Kier alpha value is -2.88. The second-order valence-electron chi connectivity index (χ2n) is 9.79. The quantitative estimate of drug-likeness (QED) is 0.656. The maximum absolute atomic E-state index is 12.5. The Labute approximate surface area is 201 Å². The Kier molecular flexibility index (Phi) is 8.01. The van der Waals surface area contributed by atoms with Gasteiger partial charge in [0, 0.05) is 58.4 Å². The van der Waals surface area contributed by atoms with Crippen LogP contribution in [-0.4, -0.2) is 88.5 Å². The van der Waals surface area contributed by atoms with Crippen molar-refractivity contribution in [3.63, 3.8) is 0 Å². The smallest absolute Gasteiger partial charge is 0.410 e. The highest BCUT2D eigenvalue weighted by atomic mass is 16.6. The van der Waals surface area contributed by atoms with Gasteiger partial charge < -0.3 is 19.7 Å². The summed E-state index contributed by atoms with van der Waals surface area (Å²) in [6.07, 6.45) is 0.741. The van der Waals surface area contributed by atoms with Crippen molar-refractivity contribution in [2.75, 3.05) is 46.4 Å². The van der Waals surface area contributed by atoms with Crippen LogP contribution in [0.15, 0.2) is 0 Å². The molecule has 1 fully saturated rings. The number of hydrogen-bond acceptors (Lipinski definition) is 7.